The third-order valence-electron chi connectivity index (χ3n) is 2.07. The lowest BCUT2D eigenvalue weighted by atomic mass is 10.1. The SMILES string of the molecule is OC(CCCSC(F)(F)F)c1ccccc1. The van der Waals surface area contributed by atoms with E-state index >= 15 is 0 Å². The van der Waals surface area contributed by atoms with Crippen molar-refractivity contribution >= 4 is 11.8 Å². The van der Waals surface area contributed by atoms with Gasteiger partial charge in [0.15, 0.2) is 0 Å². The van der Waals surface area contributed by atoms with Gasteiger partial charge >= 0.3 is 5.51 Å². The third kappa shape index (κ3) is 5.42. The minimum atomic E-state index is -4.17. The maximum atomic E-state index is 11.8. The molecule has 0 spiro atoms. The molecular formula is C11H13F3OS. The van der Waals surface area contributed by atoms with Gasteiger partial charge in [-0.25, -0.2) is 0 Å². The summed E-state index contributed by atoms with van der Waals surface area (Å²) in [4.78, 5) is 0. The van der Waals surface area contributed by atoms with Crippen molar-refractivity contribution < 1.29 is 18.3 Å². The van der Waals surface area contributed by atoms with Crippen molar-refractivity contribution in [2.24, 2.45) is 0 Å². The highest BCUT2D eigenvalue weighted by molar-refractivity contribution is 8.00. The van der Waals surface area contributed by atoms with Gasteiger partial charge in [0.05, 0.1) is 6.10 Å². The molecule has 1 aromatic rings. The van der Waals surface area contributed by atoms with Crippen LogP contribution in [0.1, 0.15) is 24.5 Å². The fraction of sp³-hybridized carbons (Fsp3) is 0.455. The van der Waals surface area contributed by atoms with E-state index < -0.39 is 11.6 Å². The van der Waals surface area contributed by atoms with Gasteiger partial charge in [0.1, 0.15) is 0 Å². The molecule has 0 aromatic heterocycles. The molecule has 90 valence electrons. The van der Waals surface area contributed by atoms with Crippen molar-refractivity contribution in [3.8, 4) is 0 Å². The van der Waals surface area contributed by atoms with Gasteiger partial charge in [-0.3, -0.25) is 0 Å². The summed E-state index contributed by atoms with van der Waals surface area (Å²) >= 11 is -0.0404. The predicted molar refractivity (Wildman–Crippen MR) is 59.1 cm³/mol. The number of halogens is 3. The highest BCUT2D eigenvalue weighted by atomic mass is 32.2. The van der Waals surface area contributed by atoms with Gasteiger partial charge in [0.2, 0.25) is 0 Å². The number of hydrogen-bond donors (Lipinski definition) is 1. The molecule has 0 amide bonds. The number of aliphatic hydroxyl groups is 1. The van der Waals surface area contributed by atoms with Crippen molar-refractivity contribution in [3.05, 3.63) is 35.9 Å². The van der Waals surface area contributed by atoms with Gasteiger partial charge in [0, 0.05) is 5.75 Å². The Morgan fingerprint density at radius 1 is 1.19 bits per heavy atom. The highest BCUT2D eigenvalue weighted by Gasteiger charge is 2.27. The van der Waals surface area contributed by atoms with Crippen molar-refractivity contribution in [2.75, 3.05) is 5.75 Å². The number of rotatable bonds is 5. The maximum Gasteiger partial charge on any atom is 0.441 e. The van der Waals surface area contributed by atoms with Crippen molar-refractivity contribution in [2.45, 2.75) is 24.5 Å². The summed E-state index contributed by atoms with van der Waals surface area (Å²) in [5.74, 6) is -0.00655. The molecule has 1 atom stereocenters. The van der Waals surface area contributed by atoms with Gasteiger partial charge < -0.3 is 5.11 Å². The van der Waals surface area contributed by atoms with Gasteiger partial charge in [-0.2, -0.15) is 13.2 Å². The Morgan fingerprint density at radius 2 is 1.81 bits per heavy atom. The average molecular weight is 250 g/mol. The number of alkyl halides is 3. The summed E-state index contributed by atoms with van der Waals surface area (Å²) in [6.07, 6.45) is 0.0305. The fourth-order valence-electron chi connectivity index (χ4n) is 1.31. The van der Waals surface area contributed by atoms with Crippen LogP contribution in [-0.2, 0) is 0 Å². The first-order valence-electron chi connectivity index (χ1n) is 4.93. The Morgan fingerprint density at radius 3 is 2.38 bits per heavy atom. The molecule has 0 aliphatic heterocycles. The Kier molecular flexibility index (Phi) is 5.15. The van der Waals surface area contributed by atoms with E-state index in [1.54, 1.807) is 24.3 Å². The molecule has 5 heteroatoms. The molecule has 0 heterocycles. The van der Waals surface area contributed by atoms with E-state index in [-0.39, 0.29) is 17.5 Å². The molecule has 0 saturated heterocycles. The predicted octanol–water partition coefficient (Wildman–Crippen LogP) is 3.75. The zero-order valence-electron chi connectivity index (χ0n) is 8.57. The largest absolute Gasteiger partial charge is 0.441 e. The van der Waals surface area contributed by atoms with Gasteiger partial charge in [-0.1, -0.05) is 42.1 Å². The zero-order chi connectivity index (χ0) is 12.0. The van der Waals surface area contributed by atoms with Crippen LogP contribution in [-0.4, -0.2) is 16.4 Å². The second kappa shape index (κ2) is 6.15. The van der Waals surface area contributed by atoms with Crippen LogP contribution in [0.4, 0.5) is 13.2 Å². The number of benzene rings is 1. The van der Waals surface area contributed by atoms with E-state index in [2.05, 4.69) is 0 Å². The molecule has 0 bridgehead atoms. The molecule has 1 unspecified atom stereocenters. The summed E-state index contributed by atoms with van der Waals surface area (Å²) < 4.78 is 35.4. The Balaban J connectivity index is 2.24. The van der Waals surface area contributed by atoms with E-state index in [9.17, 15) is 18.3 Å². The van der Waals surface area contributed by atoms with Gasteiger partial charge in [0.25, 0.3) is 0 Å². The first-order chi connectivity index (χ1) is 7.49. The number of hydrogen-bond acceptors (Lipinski definition) is 2. The van der Waals surface area contributed by atoms with Crippen molar-refractivity contribution in [3.63, 3.8) is 0 Å². The van der Waals surface area contributed by atoms with Gasteiger partial charge in [-0.05, 0) is 18.4 Å². The molecule has 0 saturated carbocycles. The molecular weight excluding hydrogens is 237 g/mol. The van der Waals surface area contributed by atoms with Crippen LogP contribution in [0.5, 0.6) is 0 Å². The van der Waals surface area contributed by atoms with Crippen LogP contribution < -0.4 is 0 Å². The van der Waals surface area contributed by atoms with Crippen molar-refractivity contribution in [1.82, 2.24) is 0 Å². The van der Waals surface area contributed by atoms with E-state index in [0.717, 1.165) is 5.56 Å². The molecule has 1 rings (SSSR count). The lowest BCUT2D eigenvalue weighted by molar-refractivity contribution is -0.0328. The molecule has 0 aliphatic rings. The summed E-state index contributed by atoms with van der Waals surface area (Å²) in [5.41, 5.74) is -3.42. The minimum absolute atomic E-state index is 0.00655. The summed E-state index contributed by atoms with van der Waals surface area (Å²) in [6, 6.07) is 8.95. The molecule has 16 heavy (non-hydrogen) atoms. The lowest BCUT2D eigenvalue weighted by Crippen LogP contribution is -2.03. The molecule has 1 aromatic carbocycles. The molecule has 1 N–H and O–H groups in total. The second-order valence-electron chi connectivity index (χ2n) is 3.36. The first-order valence-corrected chi connectivity index (χ1v) is 5.91. The monoisotopic (exact) mass is 250 g/mol. The molecule has 0 fully saturated rings. The topological polar surface area (TPSA) is 20.2 Å². The van der Waals surface area contributed by atoms with Crippen LogP contribution >= 0.6 is 11.8 Å². The summed E-state index contributed by atoms with van der Waals surface area (Å²) in [5, 5.41) is 9.66. The first kappa shape index (κ1) is 13.4. The quantitative estimate of drug-likeness (QED) is 0.803. The Hall–Kier alpha value is -0.680. The second-order valence-corrected chi connectivity index (χ2v) is 4.52. The highest BCUT2D eigenvalue weighted by Crippen LogP contribution is 2.31. The van der Waals surface area contributed by atoms with Crippen molar-refractivity contribution in [1.29, 1.82) is 0 Å². The van der Waals surface area contributed by atoms with Crippen LogP contribution in [0.25, 0.3) is 0 Å². The Bertz CT molecular complexity index is 300. The summed E-state index contributed by atoms with van der Waals surface area (Å²) in [7, 11) is 0. The van der Waals surface area contributed by atoms with E-state index in [1.165, 1.54) is 0 Å². The number of thioether (sulfide) groups is 1. The summed E-state index contributed by atoms with van der Waals surface area (Å²) in [6.45, 7) is 0. The molecule has 0 radical (unpaired) electrons. The van der Waals surface area contributed by atoms with E-state index in [4.69, 9.17) is 0 Å². The normalized spacial score (nSPS) is 13.8. The molecule has 1 nitrogen and oxygen atoms in total. The average Bonchev–Trinajstić information content (AvgIpc) is 2.24. The zero-order valence-corrected chi connectivity index (χ0v) is 9.39. The van der Waals surface area contributed by atoms with E-state index in [0.29, 0.717) is 12.8 Å². The van der Waals surface area contributed by atoms with Crippen LogP contribution in [0.15, 0.2) is 30.3 Å². The van der Waals surface area contributed by atoms with Crippen LogP contribution in [0, 0.1) is 0 Å². The number of aliphatic hydroxyl groups excluding tert-OH is 1. The fourth-order valence-corrected chi connectivity index (χ4v) is 1.85. The minimum Gasteiger partial charge on any atom is -0.388 e. The van der Waals surface area contributed by atoms with Crippen LogP contribution in [0.3, 0.4) is 0 Å². The molecule has 0 aliphatic carbocycles. The smallest absolute Gasteiger partial charge is 0.388 e. The lowest BCUT2D eigenvalue weighted by Gasteiger charge is -2.11. The third-order valence-corrected chi connectivity index (χ3v) is 2.89. The maximum absolute atomic E-state index is 11.8. The van der Waals surface area contributed by atoms with Gasteiger partial charge in [-0.15, -0.1) is 0 Å². The standard InChI is InChI=1S/C11H13F3OS/c12-11(13,14)16-8-4-7-10(15)9-5-2-1-3-6-9/h1-3,5-6,10,15H,4,7-8H2. The van der Waals surface area contributed by atoms with E-state index in [1.807, 2.05) is 6.07 Å². The van der Waals surface area contributed by atoms with Crippen LogP contribution in [0.2, 0.25) is 0 Å². The Labute approximate surface area is 96.7 Å².